The summed E-state index contributed by atoms with van der Waals surface area (Å²) < 4.78 is 13.0. The number of carbonyl (C=O) groups excluding carboxylic acids is 1. The second-order valence-electron chi connectivity index (χ2n) is 10.2. The Labute approximate surface area is 205 Å². The number of hydrogen-bond donors (Lipinski definition) is 0. The normalized spacial score (nSPS) is 16.1. The van der Waals surface area contributed by atoms with E-state index in [1.807, 2.05) is 35.9 Å². The molecule has 178 valence electrons. The van der Waals surface area contributed by atoms with Crippen molar-refractivity contribution in [3.05, 3.63) is 81.8 Å². The number of ether oxygens (including phenoxy) is 1. The first-order valence-corrected chi connectivity index (χ1v) is 15.3. The SMILES string of the molecule is CC(=O)OC1(c2cccc(Cn3nc(-c4nc(C5=C=C=C([Si](C)(C)C)C=C5)no4)cc3C)c2)CC1. The van der Waals surface area contributed by atoms with Crippen molar-refractivity contribution in [3.63, 3.8) is 0 Å². The zero-order chi connectivity index (χ0) is 24.8. The van der Waals surface area contributed by atoms with E-state index in [4.69, 9.17) is 14.4 Å². The van der Waals surface area contributed by atoms with Gasteiger partial charge in [0.05, 0.1) is 20.2 Å². The molecule has 0 radical (unpaired) electrons. The van der Waals surface area contributed by atoms with Crippen LogP contribution < -0.4 is 0 Å². The molecule has 2 aliphatic rings. The van der Waals surface area contributed by atoms with Crippen molar-refractivity contribution in [2.45, 2.75) is 58.5 Å². The molecular formula is C27H28N4O3Si. The van der Waals surface area contributed by atoms with Gasteiger partial charge in [-0.3, -0.25) is 9.48 Å². The highest BCUT2D eigenvalue weighted by molar-refractivity contribution is 6.83. The highest BCUT2D eigenvalue weighted by Gasteiger charge is 2.48. The van der Waals surface area contributed by atoms with Gasteiger partial charge in [0.2, 0.25) is 5.82 Å². The maximum Gasteiger partial charge on any atom is 0.303 e. The quantitative estimate of drug-likeness (QED) is 0.255. The molecule has 0 N–H and O–H groups in total. The van der Waals surface area contributed by atoms with Gasteiger partial charge in [-0.15, -0.1) is 0 Å². The Kier molecular flexibility index (Phi) is 5.60. The van der Waals surface area contributed by atoms with Crippen molar-refractivity contribution in [2.75, 3.05) is 0 Å². The Morgan fingerprint density at radius 3 is 2.66 bits per heavy atom. The van der Waals surface area contributed by atoms with E-state index in [0.717, 1.165) is 35.2 Å². The number of benzene rings is 1. The lowest BCUT2D eigenvalue weighted by molar-refractivity contribution is -0.149. The van der Waals surface area contributed by atoms with Gasteiger partial charge in [-0.05, 0) is 54.3 Å². The van der Waals surface area contributed by atoms with Crippen LogP contribution in [0, 0.1) is 6.92 Å². The predicted octanol–water partition coefficient (Wildman–Crippen LogP) is 5.35. The molecule has 3 aromatic rings. The van der Waals surface area contributed by atoms with Gasteiger partial charge >= 0.3 is 5.97 Å². The van der Waals surface area contributed by atoms with Gasteiger partial charge in [-0.1, -0.05) is 60.5 Å². The number of allylic oxidation sites excluding steroid dienone is 4. The van der Waals surface area contributed by atoms with Gasteiger partial charge in [0.25, 0.3) is 5.89 Å². The van der Waals surface area contributed by atoms with Crippen molar-refractivity contribution >= 4 is 19.6 Å². The minimum atomic E-state index is -1.44. The third-order valence-electron chi connectivity index (χ3n) is 6.25. The number of aromatic nitrogens is 4. The molecule has 0 saturated heterocycles. The van der Waals surface area contributed by atoms with E-state index in [2.05, 4.69) is 59.5 Å². The molecule has 0 aliphatic heterocycles. The highest BCUT2D eigenvalue weighted by atomic mass is 28.3. The van der Waals surface area contributed by atoms with E-state index in [0.29, 0.717) is 24.0 Å². The Hall–Kier alpha value is -3.70. The van der Waals surface area contributed by atoms with Crippen molar-refractivity contribution in [1.82, 2.24) is 19.9 Å². The van der Waals surface area contributed by atoms with Crippen LogP contribution in [0.15, 0.2) is 63.7 Å². The van der Waals surface area contributed by atoms with Crippen LogP contribution in [-0.2, 0) is 21.7 Å². The largest absolute Gasteiger partial charge is 0.454 e. The van der Waals surface area contributed by atoms with Crippen LogP contribution >= 0.6 is 0 Å². The van der Waals surface area contributed by atoms with E-state index >= 15 is 0 Å². The highest BCUT2D eigenvalue weighted by Crippen LogP contribution is 2.49. The van der Waals surface area contributed by atoms with Crippen LogP contribution in [0.25, 0.3) is 17.2 Å². The average molecular weight is 485 g/mol. The number of rotatable bonds is 7. The average Bonchev–Trinajstić information content (AvgIpc) is 3.24. The summed E-state index contributed by atoms with van der Waals surface area (Å²) in [4.78, 5) is 16.1. The molecule has 5 rings (SSSR count). The minimum Gasteiger partial charge on any atom is -0.454 e. The second kappa shape index (κ2) is 8.50. The summed E-state index contributed by atoms with van der Waals surface area (Å²) in [5, 5.41) is 10.0. The van der Waals surface area contributed by atoms with Crippen LogP contribution in [0.4, 0.5) is 0 Å². The van der Waals surface area contributed by atoms with E-state index in [-0.39, 0.29) is 5.97 Å². The molecule has 0 amide bonds. The molecule has 8 heteroatoms. The minimum absolute atomic E-state index is 0.248. The molecular weight excluding hydrogens is 456 g/mol. The molecule has 2 aromatic heterocycles. The fourth-order valence-electron chi connectivity index (χ4n) is 4.13. The van der Waals surface area contributed by atoms with E-state index in [9.17, 15) is 4.79 Å². The summed E-state index contributed by atoms with van der Waals surface area (Å²) in [6, 6.07) is 10.1. The Balaban J connectivity index is 1.37. The number of esters is 1. The number of hydrogen-bond acceptors (Lipinski definition) is 6. The van der Waals surface area contributed by atoms with E-state index in [1.165, 1.54) is 12.1 Å². The first-order valence-electron chi connectivity index (χ1n) is 11.8. The molecule has 35 heavy (non-hydrogen) atoms. The van der Waals surface area contributed by atoms with Crippen molar-refractivity contribution in [3.8, 4) is 11.6 Å². The maximum absolute atomic E-state index is 11.5. The lowest BCUT2D eigenvalue weighted by Gasteiger charge is -2.17. The van der Waals surface area contributed by atoms with Gasteiger partial charge < -0.3 is 9.26 Å². The van der Waals surface area contributed by atoms with Crippen LogP contribution in [0.2, 0.25) is 19.6 Å². The molecule has 0 bridgehead atoms. The molecule has 0 spiro atoms. The van der Waals surface area contributed by atoms with Crippen molar-refractivity contribution in [1.29, 1.82) is 0 Å². The Morgan fingerprint density at radius 2 is 2.00 bits per heavy atom. The first-order chi connectivity index (χ1) is 16.6. The van der Waals surface area contributed by atoms with Crippen LogP contribution in [0.5, 0.6) is 0 Å². The van der Waals surface area contributed by atoms with Gasteiger partial charge in [-0.25, -0.2) is 0 Å². The zero-order valence-corrected chi connectivity index (χ0v) is 21.7. The first kappa shape index (κ1) is 23.1. The monoisotopic (exact) mass is 484 g/mol. The lowest BCUT2D eigenvalue weighted by atomic mass is 10.0. The molecule has 7 nitrogen and oxygen atoms in total. The standard InChI is InChI=1S/C27H28N4O3Si/c1-18-15-24(26-28-25(30-34-26)21-9-11-23(12-10-21)35(3,4)5)29-31(18)17-20-7-6-8-22(16-20)27(13-14-27)33-19(2)32/h6-9,11,15-16H,13-14,17H2,1-5H3. The molecule has 1 aromatic carbocycles. The summed E-state index contributed by atoms with van der Waals surface area (Å²) in [7, 11) is -1.44. The van der Waals surface area contributed by atoms with Gasteiger partial charge in [0.1, 0.15) is 5.60 Å². The summed E-state index contributed by atoms with van der Waals surface area (Å²) in [5.41, 5.74) is 10.4. The Morgan fingerprint density at radius 1 is 1.20 bits per heavy atom. The van der Waals surface area contributed by atoms with Crippen molar-refractivity contribution in [2.24, 2.45) is 0 Å². The fraction of sp³-hybridized carbons (Fsp3) is 0.333. The predicted molar refractivity (Wildman–Crippen MR) is 135 cm³/mol. The lowest BCUT2D eigenvalue weighted by Crippen LogP contribution is -2.22. The fourth-order valence-corrected chi connectivity index (χ4v) is 5.15. The molecule has 2 aliphatic carbocycles. The van der Waals surface area contributed by atoms with Crippen molar-refractivity contribution < 1.29 is 14.1 Å². The van der Waals surface area contributed by atoms with Crippen LogP contribution in [0.3, 0.4) is 0 Å². The molecule has 0 unspecified atom stereocenters. The third kappa shape index (κ3) is 4.77. The van der Waals surface area contributed by atoms with Crippen LogP contribution in [-0.4, -0.2) is 34.0 Å². The topological polar surface area (TPSA) is 83.0 Å². The smallest absolute Gasteiger partial charge is 0.303 e. The summed E-state index contributed by atoms with van der Waals surface area (Å²) in [5.74, 6) is 0.588. The number of carbonyl (C=O) groups is 1. The van der Waals surface area contributed by atoms with Crippen LogP contribution in [0.1, 0.15) is 42.4 Å². The van der Waals surface area contributed by atoms with E-state index < -0.39 is 13.7 Å². The molecule has 1 fully saturated rings. The molecule has 2 heterocycles. The maximum atomic E-state index is 11.5. The third-order valence-corrected chi connectivity index (χ3v) is 8.16. The Bertz CT molecular complexity index is 1450. The summed E-state index contributed by atoms with van der Waals surface area (Å²) >= 11 is 0. The summed E-state index contributed by atoms with van der Waals surface area (Å²) in [6.45, 7) is 10.9. The summed E-state index contributed by atoms with van der Waals surface area (Å²) in [6.07, 6.45) is 5.76. The molecule has 1 saturated carbocycles. The van der Waals surface area contributed by atoms with Gasteiger partial charge in [0.15, 0.2) is 5.69 Å². The number of nitrogens with zero attached hydrogens (tertiary/aromatic N) is 4. The van der Waals surface area contributed by atoms with Gasteiger partial charge in [-0.2, -0.15) is 10.1 Å². The zero-order valence-electron chi connectivity index (χ0n) is 20.7. The van der Waals surface area contributed by atoms with Gasteiger partial charge in [0, 0.05) is 12.6 Å². The number of aryl methyl sites for hydroxylation is 1. The molecule has 0 atom stereocenters. The second-order valence-corrected chi connectivity index (χ2v) is 15.2. The van der Waals surface area contributed by atoms with E-state index in [1.54, 1.807) is 0 Å².